The number of aryl methyl sites for hydroxylation is 1. The fraction of sp³-hybridized carbons (Fsp3) is 0.143. The number of hydrogen-bond acceptors (Lipinski definition) is 5. The smallest absolute Gasteiger partial charge is 0.296 e. The summed E-state index contributed by atoms with van der Waals surface area (Å²) in [7, 11) is 0. The average Bonchev–Trinajstić information content (AvgIpc) is 3.29. The number of aromatic nitrogens is 4. The van der Waals surface area contributed by atoms with E-state index in [1.54, 1.807) is 18.0 Å². The number of amides is 1. The van der Waals surface area contributed by atoms with Crippen molar-refractivity contribution in [3.05, 3.63) is 83.5 Å². The first-order valence-corrected chi connectivity index (χ1v) is 9.00. The van der Waals surface area contributed by atoms with Crippen molar-refractivity contribution >= 4 is 11.6 Å². The van der Waals surface area contributed by atoms with Gasteiger partial charge in [0.05, 0.1) is 30.7 Å². The summed E-state index contributed by atoms with van der Waals surface area (Å²) >= 11 is 0. The van der Waals surface area contributed by atoms with Gasteiger partial charge in [-0.3, -0.25) is 9.69 Å². The van der Waals surface area contributed by atoms with Crippen molar-refractivity contribution < 1.29 is 9.21 Å². The van der Waals surface area contributed by atoms with E-state index in [-0.39, 0.29) is 11.7 Å². The second kappa shape index (κ2) is 6.45. The zero-order chi connectivity index (χ0) is 19.1. The highest BCUT2D eigenvalue weighted by atomic mass is 16.4. The summed E-state index contributed by atoms with van der Waals surface area (Å²) in [6, 6.07) is 17.4. The third-order valence-electron chi connectivity index (χ3n) is 4.88. The van der Waals surface area contributed by atoms with Crippen LogP contribution >= 0.6 is 0 Å². The molecule has 28 heavy (non-hydrogen) atoms. The van der Waals surface area contributed by atoms with Gasteiger partial charge in [-0.15, -0.1) is 5.10 Å². The van der Waals surface area contributed by atoms with Crippen molar-refractivity contribution in [3.8, 4) is 11.5 Å². The Balaban J connectivity index is 1.58. The number of benzene rings is 2. The van der Waals surface area contributed by atoms with Crippen molar-refractivity contribution in [2.24, 2.45) is 0 Å². The van der Waals surface area contributed by atoms with E-state index < -0.39 is 0 Å². The van der Waals surface area contributed by atoms with E-state index in [1.807, 2.05) is 59.3 Å². The van der Waals surface area contributed by atoms with E-state index in [9.17, 15) is 4.79 Å². The molecule has 2 aromatic heterocycles. The summed E-state index contributed by atoms with van der Waals surface area (Å²) in [6.07, 6.45) is 1.69. The molecule has 5 rings (SSSR count). The van der Waals surface area contributed by atoms with Crippen LogP contribution in [0.2, 0.25) is 0 Å². The second-order valence-electron chi connectivity index (χ2n) is 6.70. The van der Waals surface area contributed by atoms with Crippen LogP contribution in [0.15, 0.2) is 65.2 Å². The lowest BCUT2D eigenvalue weighted by atomic mass is 10.1. The quantitative estimate of drug-likeness (QED) is 0.539. The standard InChI is InChI=1S/C21H17N5O2/c1-14-19(28-20(23-14)15-7-3-2-4-8-15)21(27)25-13-17-11-22-24-26(17)12-16-9-5-6-10-18(16)25/h2-11H,12-13H2,1H3. The monoisotopic (exact) mass is 371 g/mol. The predicted molar refractivity (Wildman–Crippen MR) is 103 cm³/mol. The second-order valence-corrected chi connectivity index (χ2v) is 6.70. The summed E-state index contributed by atoms with van der Waals surface area (Å²) in [5.41, 5.74) is 4.11. The molecule has 0 aliphatic carbocycles. The van der Waals surface area contributed by atoms with Gasteiger partial charge in [-0.2, -0.15) is 0 Å². The normalized spacial score (nSPS) is 13.0. The Kier molecular flexibility index (Phi) is 3.79. The minimum Gasteiger partial charge on any atom is -0.431 e. The van der Waals surface area contributed by atoms with Crippen molar-refractivity contribution in [2.75, 3.05) is 4.90 Å². The predicted octanol–water partition coefficient (Wildman–Crippen LogP) is 3.45. The third kappa shape index (κ3) is 2.68. The number of anilines is 1. The Hall–Kier alpha value is -3.74. The molecule has 0 fully saturated rings. The van der Waals surface area contributed by atoms with Gasteiger partial charge < -0.3 is 4.42 Å². The van der Waals surface area contributed by atoms with Gasteiger partial charge >= 0.3 is 0 Å². The highest BCUT2D eigenvalue weighted by Crippen LogP contribution is 2.30. The van der Waals surface area contributed by atoms with Gasteiger partial charge in [0.15, 0.2) is 0 Å². The third-order valence-corrected chi connectivity index (χ3v) is 4.88. The molecule has 7 heteroatoms. The topological polar surface area (TPSA) is 77.1 Å². The molecule has 0 atom stereocenters. The van der Waals surface area contributed by atoms with E-state index in [0.29, 0.717) is 24.7 Å². The number of oxazole rings is 1. The fourth-order valence-electron chi connectivity index (χ4n) is 3.45. The Morgan fingerprint density at radius 1 is 1.04 bits per heavy atom. The van der Waals surface area contributed by atoms with E-state index in [0.717, 1.165) is 22.5 Å². The lowest BCUT2D eigenvalue weighted by Gasteiger charge is -2.21. The van der Waals surface area contributed by atoms with Crippen LogP contribution in [0.3, 0.4) is 0 Å². The summed E-state index contributed by atoms with van der Waals surface area (Å²) in [5.74, 6) is 0.458. The minimum atomic E-state index is -0.228. The summed E-state index contributed by atoms with van der Waals surface area (Å²) in [6.45, 7) is 2.72. The van der Waals surface area contributed by atoms with E-state index in [2.05, 4.69) is 15.3 Å². The van der Waals surface area contributed by atoms with E-state index >= 15 is 0 Å². The first-order valence-electron chi connectivity index (χ1n) is 9.00. The largest absolute Gasteiger partial charge is 0.431 e. The molecule has 0 N–H and O–H groups in total. The number of nitrogens with zero attached hydrogens (tertiary/aromatic N) is 5. The van der Waals surface area contributed by atoms with Crippen LogP contribution in [-0.4, -0.2) is 25.9 Å². The number of hydrogen-bond donors (Lipinski definition) is 0. The zero-order valence-corrected chi connectivity index (χ0v) is 15.2. The molecule has 1 amide bonds. The van der Waals surface area contributed by atoms with Gasteiger partial charge in [0.2, 0.25) is 11.7 Å². The molecular formula is C21H17N5O2. The molecule has 2 aromatic carbocycles. The van der Waals surface area contributed by atoms with E-state index in [4.69, 9.17) is 4.42 Å². The molecule has 0 saturated carbocycles. The SMILES string of the molecule is Cc1nc(-c2ccccc2)oc1C(=O)N1Cc2cnnn2Cc2ccccc21. The fourth-order valence-corrected chi connectivity index (χ4v) is 3.45. The highest BCUT2D eigenvalue weighted by molar-refractivity contribution is 6.05. The molecule has 4 aromatic rings. The Labute approximate surface area is 161 Å². The van der Waals surface area contributed by atoms with Crippen LogP contribution in [0.4, 0.5) is 5.69 Å². The number of para-hydroxylation sites is 1. The van der Waals surface area contributed by atoms with Crippen molar-refractivity contribution in [2.45, 2.75) is 20.0 Å². The maximum absolute atomic E-state index is 13.5. The van der Waals surface area contributed by atoms with Crippen molar-refractivity contribution in [1.82, 2.24) is 20.0 Å². The maximum Gasteiger partial charge on any atom is 0.296 e. The van der Waals surface area contributed by atoms with Crippen molar-refractivity contribution in [3.63, 3.8) is 0 Å². The molecule has 0 radical (unpaired) electrons. The molecular weight excluding hydrogens is 354 g/mol. The van der Waals surface area contributed by atoms with Gasteiger partial charge in [-0.25, -0.2) is 9.67 Å². The molecule has 0 spiro atoms. The van der Waals surface area contributed by atoms with Gasteiger partial charge in [0, 0.05) is 11.3 Å². The minimum absolute atomic E-state index is 0.228. The summed E-state index contributed by atoms with van der Waals surface area (Å²) in [4.78, 5) is 19.6. The van der Waals surface area contributed by atoms with Gasteiger partial charge in [0.1, 0.15) is 0 Å². The molecule has 0 saturated heterocycles. The molecule has 1 aliphatic rings. The highest BCUT2D eigenvalue weighted by Gasteiger charge is 2.29. The number of carbonyl (C=O) groups is 1. The lowest BCUT2D eigenvalue weighted by molar-refractivity contribution is 0.0958. The molecule has 138 valence electrons. The first-order chi connectivity index (χ1) is 13.7. The average molecular weight is 371 g/mol. The van der Waals surface area contributed by atoms with Crippen LogP contribution in [0, 0.1) is 6.92 Å². The number of carbonyl (C=O) groups excluding carboxylic acids is 1. The van der Waals surface area contributed by atoms with Crippen LogP contribution in [0.1, 0.15) is 27.5 Å². The molecule has 0 unspecified atom stereocenters. The zero-order valence-electron chi connectivity index (χ0n) is 15.2. The Bertz CT molecular complexity index is 1160. The number of rotatable bonds is 2. The van der Waals surface area contributed by atoms with Crippen LogP contribution in [0.5, 0.6) is 0 Å². The van der Waals surface area contributed by atoms with Crippen LogP contribution in [0.25, 0.3) is 11.5 Å². The number of fused-ring (bicyclic) bond motifs is 2. The first kappa shape index (κ1) is 16.4. The molecule has 3 heterocycles. The molecule has 7 nitrogen and oxygen atoms in total. The van der Waals surface area contributed by atoms with Crippen LogP contribution < -0.4 is 4.90 Å². The van der Waals surface area contributed by atoms with Crippen molar-refractivity contribution in [1.29, 1.82) is 0 Å². The molecule has 0 bridgehead atoms. The Morgan fingerprint density at radius 2 is 1.82 bits per heavy atom. The summed E-state index contributed by atoms with van der Waals surface area (Å²) in [5, 5.41) is 8.12. The van der Waals surface area contributed by atoms with Gasteiger partial charge in [0.25, 0.3) is 5.91 Å². The van der Waals surface area contributed by atoms with Gasteiger partial charge in [-0.05, 0) is 30.7 Å². The summed E-state index contributed by atoms with van der Waals surface area (Å²) < 4.78 is 7.71. The Morgan fingerprint density at radius 3 is 2.68 bits per heavy atom. The maximum atomic E-state index is 13.5. The van der Waals surface area contributed by atoms with Gasteiger partial charge in [-0.1, -0.05) is 41.6 Å². The van der Waals surface area contributed by atoms with E-state index in [1.165, 1.54) is 0 Å². The molecule has 1 aliphatic heterocycles. The lowest BCUT2D eigenvalue weighted by Crippen LogP contribution is -2.30. The van der Waals surface area contributed by atoms with Crippen LogP contribution in [-0.2, 0) is 13.1 Å².